The SMILES string of the molecule is Cc1cc(C(C)(C)c2cc(C)c(OC(=O)c3ccc(Oc4ccc(C=O)cc4)cc3)c(C)c2)cc(C)c1O. The fraction of sp³-hybridized carbons (Fsp3) is 0.212. The highest BCUT2D eigenvalue weighted by Crippen LogP contribution is 2.38. The number of phenols is 1. The van der Waals surface area contributed by atoms with Gasteiger partial charge in [0, 0.05) is 11.0 Å². The maximum atomic E-state index is 12.9. The van der Waals surface area contributed by atoms with Gasteiger partial charge >= 0.3 is 5.97 Å². The van der Waals surface area contributed by atoms with Gasteiger partial charge in [-0.25, -0.2) is 4.79 Å². The normalized spacial score (nSPS) is 11.2. The summed E-state index contributed by atoms with van der Waals surface area (Å²) < 4.78 is 11.6. The lowest BCUT2D eigenvalue weighted by atomic mass is 9.76. The van der Waals surface area contributed by atoms with Crippen LogP contribution in [0.4, 0.5) is 0 Å². The Morgan fingerprint density at radius 3 is 1.66 bits per heavy atom. The van der Waals surface area contributed by atoms with Gasteiger partial charge in [0.25, 0.3) is 0 Å². The molecule has 4 aromatic rings. The predicted octanol–water partition coefficient (Wildman–Crippen LogP) is 7.78. The van der Waals surface area contributed by atoms with Gasteiger partial charge in [0.05, 0.1) is 5.56 Å². The van der Waals surface area contributed by atoms with E-state index in [0.717, 1.165) is 39.7 Å². The van der Waals surface area contributed by atoms with E-state index in [0.29, 0.717) is 34.1 Å². The molecule has 0 atom stereocenters. The second kappa shape index (κ2) is 10.5. The van der Waals surface area contributed by atoms with E-state index in [1.165, 1.54) is 0 Å². The lowest BCUT2D eigenvalue weighted by Crippen LogP contribution is -2.20. The Labute approximate surface area is 223 Å². The first-order chi connectivity index (χ1) is 18.0. The number of benzene rings is 4. The molecular weight excluding hydrogens is 476 g/mol. The summed E-state index contributed by atoms with van der Waals surface area (Å²) in [5.41, 5.74) is 6.30. The van der Waals surface area contributed by atoms with Gasteiger partial charge in [-0.2, -0.15) is 0 Å². The first-order valence-electron chi connectivity index (χ1n) is 12.5. The quantitative estimate of drug-likeness (QED) is 0.157. The molecule has 0 aliphatic carbocycles. The molecule has 0 heterocycles. The molecule has 38 heavy (non-hydrogen) atoms. The van der Waals surface area contributed by atoms with Crippen LogP contribution in [-0.4, -0.2) is 17.4 Å². The number of aryl methyl sites for hydroxylation is 4. The molecule has 1 N–H and O–H groups in total. The van der Waals surface area contributed by atoms with Crippen LogP contribution in [0.3, 0.4) is 0 Å². The van der Waals surface area contributed by atoms with Crippen molar-refractivity contribution in [3.05, 3.63) is 117 Å². The number of rotatable bonds is 7. The summed E-state index contributed by atoms with van der Waals surface area (Å²) >= 11 is 0. The summed E-state index contributed by atoms with van der Waals surface area (Å²) in [7, 11) is 0. The van der Waals surface area contributed by atoms with Crippen molar-refractivity contribution in [3.8, 4) is 23.0 Å². The lowest BCUT2D eigenvalue weighted by molar-refractivity contribution is 0.0732. The number of hydrogen-bond acceptors (Lipinski definition) is 5. The molecule has 4 rings (SSSR count). The Morgan fingerprint density at radius 2 is 1.18 bits per heavy atom. The fourth-order valence-electron chi connectivity index (χ4n) is 4.52. The molecule has 0 saturated heterocycles. The molecule has 0 aromatic heterocycles. The molecular formula is C33H32O5. The van der Waals surface area contributed by atoms with Crippen LogP contribution in [-0.2, 0) is 5.41 Å². The van der Waals surface area contributed by atoms with Crippen molar-refractivity contribution in [1.29, 1.82) is 0 Å². The van der Waals surface area contributed by atoms with Crippen LogP contribution in [0.5, 0.6) is 23.0 Å². The number of carbonyl (C=O) groups excluding carboxylic acids is 2. The van der Waals surface area contributed by atoms with Crippen molar-refractivity contribution < 1.29 is 24.2 Å². The van der Waals surface area contributed by atoms with E-state index in [-0.39, 0.29) is 5.41 Å². The predicted molar refractivity (Wildman–Crippen MR) is 149 cm³/mol. The molecule has 5 nitrogen and oxygen atoms in total. The summed E-state index contributed by atoms with van der Waals surface area (Å²) in [5.74, 6) is 1.59. The van der Waals surface area contributed by atoms with Gasteiger partial charge in [-0.15, -0.1) is 0 Å². The highest BCUT2D eigenvalue weighted by molar-refractivity contribution is 5.91. The maximum Gasteiger partial charge on any atom is 0.343 e. The Morgan fingerprint density at radius 1 is 0.737 bits per heavy atom. The van der Waals surface area contributed by atoms with E-state index in [1.807, 2.05) is 39.8 Å². The molecule has 0 fully saturated rings. The molecule has 0 saturated carbocycles. The second-order valence-electron chi connectivity index (χ2n) is 10.2. The topological polar surface area (TPSA) is 72.8 Å². The van der Waals surface area contributed by atoms with Crippen LogP contribution < -0.4 is 9.47 Å². The molecule has 0 amide bonds. The lowest BCUT2D eigenvalue weighted by Gasteiger charge is -2.29. The molecule has 0 unspecified atom stereocenters. The molecule has 0 spiro atoms. The van der Waals surface area contributed by atoms with E-state index >= 15 is 0 Å². The summed E-state index contributed by atoms with van der Waals surface area (Å²) in [6, 6.07) is 21.7. The van der Waals surface area contributed by atoms with Gasteiger partial charge in [0.1, 0.15) is 29.3 Å². The third kappa shape index (κ3) is 5.47. The zero-order chi connectivity index (χ0) is 27.6. The standard InChI is InChI=1S/C33H32O5/c1-20-15-26(16-21(2)30(20)35)33(5,6)27-17-22(3)31(23(4)18-27)38-32(36)25-9-13-29(14-10-25)37-28-11-7-24(19-34)8-12-28/h7-19,35H,1-6H3. The average molecular weight is 509 g/mol. The van der Waals surface area contributed by atoms with Crippen LogP contribution in [0.1, 0.15) is 67.9 Å². The zero-order valence-electron chi connectivity index (χ0n) is 22.6. The molecule has 0 aliphatic heterocycles. The smallest absolute Gasteiger partial charge is 0.343 e. The van der Waals surface area contributed by atoms with Gasteiger partial charge in [-0.1, -0.05) is 38.1 Å². The molecule has 0 aliphatic rings. The Hall–Kier alpha value is -4.38. The Bertz CT molecular complexity index is 1450. The van der Waals surface area contributed by atoms with E-state index in [1.54, 1.807) is 48.5 Å². The third-order valence-corrected chi connectivity index (χ3v) is 6.93. The van der Waals surface area contributed by atoms with E-state index < -0.39 is 5.97 Å². The maximum absolute atomic E-state index is 12.9. The van der Waals surface area contributed by atoms with Crippen molar-refractivity contribution in [1.82, 2.24) is 0 Å². The average Bonchev–Trinajstić information content (AvgIpc) is 2.89. The van der Waals surface area contributed by atoms with E-state index in [9.17, 15) is 14.7 Å². The van der Waals surface area contributed by atoms with Gasteiger partial charge < -0.3 is 14.6 Å². The molecule has 0 bridgehead atoms. The largest absolute Gasteiger partial charge is 0.507 e. The fourth-order valence-corrected chi connectivity index (χ4v) is 4.52. The highest BCUT2D eigenvalue weighted by Gasteiger charge is 2.26. The Kier molecular flexibility index (Phi) is 7.40. The number of hydrogen-bond donors (Lipinski definition) is 1. The van der Waals surface area contributed by atoms with Crippen molar-refractivity contribution >= 4 is 12.3 Å². The summed E-state index contributed by atoms with van der Waals surface area (Å²) in [5, 5.41) is 10.2. The van der Waals surface area contributed by atoms with Gasteiger partial charge in [-0.05, 0) is 110 Å². The second-order valence-corrected chi connectivity index (χ2v) is 10.2. The van der Waals surface area contributed by atoms with Crippen LogP contribution in [0.15, 0.2) is 72.8 Å². The van der Waals surface area contributed by atoms with Crippen LogP contribution >= 0.6 is 0 Å². The zero-order valence-corrected chi connectivity index (χ0v) is 22.6. The van der Waals surface area contributed by atoms with Gasteiger partial charge in [-0.3, -0.25) is 4.79 Å². The number of phenolic OH excluding ortho intramolecular Hbond substituents is 1. The molecule has 0 radical (unpaired) electrons. The molecule has 4 aromatic carbocycles. The number of aromatic hydroxyl groups is 1. The molecule has 5 heteroatoms. The van der Waals surface area contributed by atoms with Crippen LogP contribution in [0.25, 0.3) is 0 Å². The van der Waals surface area contributed by atoms with E-state index in [4.69, 9.17) is 9.47 Å². The van der Waals surface area contributed by atoms with E-state index in [2.05, 4.69) is 26.0 Å². The highest BCUT2D eigenvalue weighted by atomic mass is 16.5. The van der Waals surface area contributed by atoms with Crippen molar-refractivity contribution in [2.45, 2.75) is 47.0 Å². The van der Waals surface area contributed by atoms with Crippen molar-refractivity contribution in [3.63, 3.8) is 0 Å². The summed E-state index contributed by atoms with van der Waals surface area (Å²) in [6.45, 7) is 12.0. The van der Waals surface area contributed by atoms with Crippen LogP contribution in [0.2, 0.25) is 0 Å². The minimum atomic E-state index is -0.449. The number of esters is 1. The van der Waals surface area contributed by atoms with Crippen molar-refractivity contribution in [2.24, 2.45) is 0 Å². The van der Waals surface area contributed by atoms with Gasteiger partial charge in [0.2, 0.25) is 0 Å². The minimum Gasteiger partial charge on any atom is -0.507 e. The van der Waals surface area contributed by atoms with Crippen molar-refractivity contribution in [2.75, 3.05) is 0 Å². The van der Waals surface area contributed by atoms with Crippen LogP contribution in [0, 0.1) is 27.7 Å². The number of carbonyl (C=O) groups is 2. The number of aldehydes is 1. The molecule has 194 valence electrons. The first-order valence-corrected chi connectivity index (χ1v) is 12.5. The monoisotopic (exact) mass is 508 g/mol. The number of ether oxygens (including phenoxy) is 2. The van der Waals surface area contributed by atoms with Gasteiger partial charge in [0.15, 0.2) is 0 Å². The minimum absolute atomic E-state index is 0.315. The summed E-state index contributed by atoms with van der Waals surface area (Å²) in [6.07, 6.45) is 0.777. The first kappa shape index (κ1) is 26.7. The summed E-state index contributed by atoms with van der Waals surface area (Å²) in [4.78, 5) is 23.8. The Balaban J connectivity index is 1.51. The third-order valence-electron chi connectivity index (χ3n) is 6.93.